The van der Waals surface area contributed by atoms with Crippen molar-refractivity contribution in [3.05, 3.63) is 17.3 Å². The molecule has 5 heteroatoms. The number of piperazine rings is 1. The molecular weight excluding hydrogens is 244 g/mol. The molecule has 0 aliphatic carbocycles. The normalized spacial score (nSPS) is 27.1. The zero-order valence-corrected chi connectivity index (χ0v) is 11.2. The van der Waals surface area contributed by atoms with E-state index >= 15 is 0 Å². The van der Waals surface area contributed by atoms with Crippen molar-refractivity contribution >= 4 is 27.4 Å². The molecule has 2 fully saturated rings. The predicted octanol–water partition coefficient (Wildman–Crippen LogP) is 1.94. The van der Waals surface area contributed by atoms with E-state index in [-0.39, 0.29) is 0 Å². The van der Waals surface area contributed by atoms with Crippen LogP contribution in [0.4, 0.5) is 5.82 Å². The highest BCUT2D eigenvalue weighted by atomic mass is 32.1. The summed E-state index contributed by atoms with van der Waals surface area (Å²) in [5.41, 5.74) is 1.10. The van der Waals surface area contributed by atoms with Gasteiger partial charge in [0.25, 0.3) is 0 Å². The molecule has 1 N–H and O–H groups in total. The van der Waals surface area contributed by atoms with E-state index in [0.717, 1.165) is 24.4 Å². The molecule has 2 atom stereocenters. The molecule has 0 radical (unpaired) electrons. The highest BCUT2D eigenvalue weighted by Crippen LogP contribution is 2.37. The second-order valence-electron chi connectivity index (χ2n) is 5.18. The molecular formula is C13H16N4S. The number of aryl methyl sites for hydroxylation is 1. The Labute approximate surface area is 110 Å². The largest absolute Gasteiger partial charge is 0.347 e. The molecule has 2 saturated heterocycles. The summed E-state index contributed by atoms with van der Waals surface area (Å²) in [6, 6.07) is 3.33. The zero-order chi connectivity index (χ0) is 12.1. The molecule has 0 spiro atoms. The van der Waals surface area contributed by atoms with Crippen molar-refractivity contribution in [1.29, 1.82) is 0 Å². The number of fused-ring (bicyclic) bond motifs is 3. The van der Waals surface area contributed by atoms with Gasteiger partial charge in [-0.2, -0.15) is 0 Å². The Morgan fingerprint density at radius 1 is 1.28 bits per heavy atom. The lowest BCUT2D eigenvalue weighted by molar-refractivity contribution is 0.482. The van der Waals surface area contributed by atoms with Gasteiger partial charge in [0, 0.05) is 25.2 Å². The second kappa shape index (κ2) is 3.90. The topological polar surface area (TPSA) is 41.1 Å². The van der Waals surface area contributed by atoms with Crippen LogP contribution in [-0.2, 0) is 0 Å². The fourth-order valence-electron chi connectivity index (χ4n) is 3.26. The van der Waals surface area contributed by atoms with Crippen LogP contribution in [0.15, 0.2) is 11.4 Å². The van der Waals surface area contributed by atoms with Crippen molar-refractivity contribution < 1.29 is 0 Å². The maximum atomic E-state index is 4.74. The van der Waals surface area contributed by atoms with Crippen LogP contribution >= 0.6 is 11.3 Å². The number of nitrogens with one attached hydrogen (secondary N) is 1. The van der Waals surface area contributed by atoms with Crippen molar-refractivity contribution in [2.75, 3.05) is 18.0 Å². The Bertz CT molecular complexity index is 578. The first-order valence-corrected chi connectivity index (χ1v) is 7.42. The van der Waals surface area contributed by atoms with E-state index in [4.69, 9.17) is 4.98 Å². The number of nitrogens with zero attached hydrogens (tertiary/aromatic N) is 3. The molecule has 4 heterocycles. The maximum absolute atomic E-state index is 4.74. The van der Waals surface area contributed by atoms with Gasteiger partial charge in [0.05, 0.1) is 10.2 Å². The van der Waals surface area contributed by atoms with E-state index in [1.54, 1.807) is 11.3 Å². The minimum atomic E-state index is 0.614. The lowest BCUT2D eigenvalue weighted by Gasteiger charge is -2.36. The van der Waals surface area contributed by atoms with Gasteiger partial charge in [0.2, 0.25) is 0 Å². The van der Waals surface area contributed by atoms with Gasteiger partial charge in [0.1, 0.15) is 5.82 Å². The van der Waals surface area contributed by atoms with Crippen LogP contribution in [0.2, 0.25) is 0 Å². The van der Waals surface area contributed by atoms with Gasteiger partial charge in [-0.3, -0.25) is 0 Å². The van der Waals surface area contributed by atoms with E-state index in [9.17, 15) is 0 Å². The Kier molecular flexibility index (Phi) is 2.32. The van der Waals surface area contributed by atoms with Crippen LogP contribution in [-0.4, -0.2) is 35.1 Å². The fourth-order valence-corrected chi connectivity index (χ4v) is 4.08. The Balaban J connectivity index is 1.89. The monoisotopic (exact) mass is 260 g/mol. The van der Waals surface area contributed by atoms with Gasteiger partial charge in [0.15, 0.2) is 5.82 Å². The van der Waals surface area contributed by atoms with Gasteiger partial charge < -0.3 is 10.2 Å². The summed E-state index contributed by atoms with van der Waals surface area (Å²) in [5, 5.41) is 5.64. The van der Waals surface area contributed by atoms with Crippen LogP contribution in [0.25, 0.3) is 10.2 Å². The molecule has 2 aromatic rings. The molecule has 4 rings (SSSR count). The van der Waals surface area contributed by atoms with Gasteiger partial charge in [-0.1, -0.05) is 0 Å². The number of anilines is 1. The second-order valence-corrected chi connectivity index (χ2v) is 6.10. The van der Waals surface area contributed by atoms with Gasteiger partial charge >= 0.3 is 0 Å². The van der Waals surface area contributed by atoms with Gasteiger partial charge in [-0.15, -0.1) is 11.3 Å². The molecule has 94 valence electrons. The summed E-state index contributed by atoms with van der Waals surface area (Å²) in [6.07, 6.45) is 2.57. The molecule has 2 aliphatic heterocycles. The summed E-state index contributed by atoms with van der Waals surface area (Å²) in [5.74, 6) is 2.05. The molecule has 0 amide bonds. The van der Waals surface area contributed by atoms with Crippen LogP contribution in [0.1, 0.15) is 18.7 Å². The summed E-state index contributed by atoms with van der Waals surface area (Å²) in [6.45, 7) is 4.17. The molecule has 2 bridgehead atoms. The number of rotatable bonds is 1. The smallest absolute Gasteiger partial charge is 0.150 e. The molecule has 0 aromatic carbocycles. The molecule has 0 saturated carbocycles. The van der Waals surface area contributed by atoms with Crippen molar-refractivity contribution in [2.24, 2.45) is 0 Å². The number of aromatic nitrogens is 2. The summed E-state index contributed by atoms with van der Waals surface area (Å²) in [7, 11) is 0. The first-order chi connectivity index (χ1) is 8.83. The van der Waals surface area contributed by atoms with E-state index in [2.05, 4.69) is 26.6 Å². The summed E-state index contributed by atoms with van der Waals surface area (Å²) < 4.78 is 1.25. The molecule has 2 aromatic heterocycles. The predicted molar refractivity (Wildman–Crippen MR) is 74.3 cm³/mol. The highest BCUT2D eigenvalue weighted by Gasteiger charge is 2.38. The van der Waals surface area contributed by atoms with Crippen molar-refractivity contribution in [3.63, 3.8) is 0 Å². The quantitative estimate of drug-likeness (QED) is 0.851. The van der Waals surface area contributed by atoms with Gasteiger partial charge in [-0.25, -0.2) is 9.97 Å². The minimum absolute atomic E-state index is 0.614. The molecule has 2 aliphatic rings. The van der Waals surface area contributed by atoms with Gasteiger partial charge in [-0.05, 0) is 31.2 Å². The van der Waals surface area contributed by atoms with Crippen LogP contribution in [0.5, 0.6) is 0 Å². The van der Waals surface area contributed by atoms with Crippen LogP contribution < -0.4 is 10.2 Å². The summed E-state index contributed by atoms with van der Waals surface area (Å²) >= 11 is 1.76. The highest BCUT2D eigenvalue weighted by molar-refractivity contribution is 7.17. The third-order valence-corrected chi connectivity index (χ3v) is 4.92. The standard InChI is InChI=1S/C13H16N4S/c1-8-15-11-4-5-18-12(11)13(16-8)17-9-2-3-10(17)7-14-6-9/h4-5,9-10,14H,2-3,6-7H2,1H3/t9-,10+. The molecule has 18 heavy (non-hydrogen) atoms. The molecule has 0 unspecified atom stereocenters. The Hall–Kier alpha value is -1.20. The number of hydrogen-bond acceptors (Lipinski definition) is 5. The third kappa shape index (κ3) is 1.47. The number of thiophene rings is 1. The first-order valence-electron chi connectivity index (χ1n) is 6.54. The first kappa shape index (κ1) is 10.7. The van der Waals surface area contributed by atoms with E-state index < -0.39 is 0 Å². The third-order valence-electron chi connectivity index (χ3n) is 4.02. The van der Waals surface area contributed by atoms with E-state index in [1.807, 2.05) is 6.92 Å². The minimum Gasteiger partial charge on any atom is -0.347 e. The molecule has 4 nitrogen and oxygen atoms in total. The Morgan fingerprint density at radius 3 is 2.83 bits per heavy atom. The number of hydrogen-bond donors (Lipinski definition) is 1. The SMILES string of the molecule is Cc1nc(N2[C@@H]3CC[C@H]2CNC3)c2sccc2n1. The van der Waals surface area contributed by atoms with Crippen molar-refractivity contribution in [3.8, 4) is 0 Å². The van der Waals surface area contributed by atoms with E-state index in [1.165, 1.54) is 23.4 Å². The average Bonchev–Trinajstić information content (AvgIpc) is 2.91. The van der Waals surface area contributed by atoms with Crippen LogP contribution in [0.3, 0.4) is 0 Å². The Morgan fingerprint density at radius 2 is 2.06 bits per heavy atom. The van der Waals surface area contributed by atoms with Crippen molar-refractivity contribution in [2.45, 2.75) is 31.8 Å². The summed E-state index contributed by atoms with van der Waals surface area (Å²) in [4.78, 5) is 11.8. The fraction of sp³-hybridized carbons (Fsp3) is 0.538. The van der Waals surface area contributed by atoms with E-state index in [0.29, 0.717) is 12.1 Å². The lowest BCUT2D eigenvalue weighted by Crippen LogP contribution is -2.52. The average molecular weight is 260 g/mol. The van der Waals surface area contributed by atoms with Crippen LogP contribution in [0, 0.1) is 6.92 Å². The van der Waals surface area contributed by atoms with Crippen molar-refractivity contribution in [1.82, 2.24) is 15.3 Å². The maximum Gasteiger partial charge on any atom is 0.150 e. The lowest BCUT2D eigenvalue weighted by atomic mass is 10.2. The zero-order valence-electron chi connectivity index (χ0n) is 10.4.